The average molecular weight is 596 g/mol. The van der Waals surface area contributed by atoms with Gasteiger partial charge in [-0.05, 0) is 102 Å². The normalized spacial score (nSPS) is 27.5. The SMILES string of the molecule is CN1CCCC1CCNC1=CC=C2C(=O)C(C(=O)NC3CC(C)(C)NC(C)(C)C3)=CN3c4cc5ccccc5cc4OC1C23. The number of piperidine rings is 1. The fourth-order valence-electron chi connectivity index (χ4n) is 8.37. The molecule has 3 atom stereocenters. The highest BCUT2D eigenvalue weighted by atomic mass is 16.5. The van der Waals surface area contributed by atoms with Crippen LogP contribution in [0.2, 0.25) is 0 Å². The van der Waals surface area contributed by atoms with Crippen LogP contribution in [-0.2, 0) is 9.59 Å². The van der Waals surface area contributed by atoms with Crippen molar-refractivity contribution in [1.82, 2.24) is 20.9 Å². The zero-order valence-electron chi connectivity index (χ0n) is 26.6. The molecule has 8 heteroatoms. The lowest BCUT2D eigenvalue weighted by molar-refractivity contribution is -0.122. The van der Waals surface area contributed by atoms with Gasteiger partial charge in [0.1, 0.15) is 17.4 Å². The lowest BCUT2D eigenvalue weighted by Gasteiger charge is -2.48. The monoisotopic (exact) mass is 595 g/mol. The Bertz CT molecular complexity index is 1590. The Labute approximate surface area is 260 Å². The van der Waals surface area contributed by atoms with Gasteiger partial charge in [-0.15, -0.1) is 0 Å². The third-order valence-corrected chi connectivity index (χ3v) is 10.0. The summed E-state index contributed by atoms with van der Waals surface area (Å²) in [5, 5.41) is 12.7. The van der Waals surface area contributed by atoms with Crippen molar-refractivity contribution >= 4 is 28.2 Å². The maximum Gasteiger partial charge on any atom is 0.256 e. The number of hydrogen-bond donors (Lipinski definition) is 3. The maximum absolute atomic E-state index is 14.0. The molecule has 4 aliphatic heterocycles. The number of anilines is 1. The summed E-state index contributed by atoms with van der Waals surface area (Å²) < 4.78 is 6.74. The summed E-state index contributed by atoms with van der Waals surface area (Å²) in [5.74, 6) is 0.213. The van der Waals surface area contributed by atoms with Gasteiger partial charge >= 0.3 is 0 Å². The smallest absolute Gasteiger partial charge is 0.256 e. The second-order valence-electron chi connectivity index (χ2n) is 14.6. The van der Waals surface area contributed by atoms with E-state index in [0.717, 1.165) is 60.3 Å². The molecule has 7 rings (SSSR count). The van der Waals surface area contributed by atoms with Gasteiger partial charge in [-0.25, -0.2) is 0 Å². The molecular formula is C36H45N5O3. The summed E-state index contributed by atoms with van der Waals surface area (Å²) in [4.78, 5) is 32.5. The van der Waals surface area contributed by atoms with Crippen molar-refractivity contribution in [2.45, 2.75) is 95.1 Å². The van der Waals surface area contributed by atoms with E-state index in [1.54, 1.807) is 6.20 Å². The summed E-state index contributed by atoms with van der Waals surface area (Å²) in [6.07, 6.45) is 10.4. The largest absolute Gasteiger partial charge is 0.479 e. The first kappa shape index (κ1) is 29.1. The minimum Gasteiger partial charge on any atom is -0.479 e. The van der Waals surface area contributed by atoms with Gasteiger partial charge in [0.25, 0.3) is 5.91 Å². The average Bonchev–Trinajstić information content (AvgIpc) is 3.36. The van der Waals surface area contributed by atoms with Crippen LogP contribution in [0.4, 0.5) is 5.69 Å². The number of carbonyl (C=O) groups is 2. The van der Waals surface area contributed by atoms with Crippen molar-refractivity contribution in [2.75, 3.05) is 25.0 Å². The summed E-state index contributed by atoms with van der Waals surface area (Å²) in [7, 11) is 2.20. The number of ketones is 1. The van der Waals surface area contributed by atoms with Gasteiger partial charge in [0.15, 0.2) is 11.9 Å². The number of likely N-dealkylation sites (tertiary alicyclic amines) is 1. The highest BCUT2D eigenvalue weighted by Gasteiger charge is 2.48. The van der Waals surface area contributed by atoms with Crippen molar-refractivity contribution in [1.29, 1.82) is 0 Å². The van der Waals surface area contributed by atoms with Crippen molar-refractivity contribution < 1.29 is 14.3 Å². The van der Waals surface area contributed by atoms with Crippen molar-refractivity contribution in [3.63, 3.8) is 0 Å². The van der Waals surface area contributed by atoms with E-state index in [1.165, 1.54) is 12.8 Å². The summed E-state index contributed by atoms with van der Waals surface area (Å²) in [6.45, 7) is 10.6. The van der Waals surface area contributed by atoms with E-state index in [9.17, 15) is 9.59 Å². The molecule has 8 nitrogen and oxygen atoms in total. The number of ether oxygens (including phenoxy) is 1. The molecule has 3 unspecified atom stereocenters. The van der Waals surface area contributed by atoms with Gasteiger partial charge in [-0.3, -0.25) is 9.59 Å². The molecule has 4 heterocycles. The highest BCUT2D eigenvalue weighted by Crippen LogP contribution is 2.46. The van der Waals surface area contributed by atoms with Crippen LogP contribution in [0.3, 0.4) is 0 Å². The van der Waals surface area contributed by atoms with Crippen molar-refractivity contribution in [2.24, 2.45) is 0 Å². The Morgan fingerprint density at radius 1 is 1.07 bits per heavy atom. The third kappa shape index (κ3) is 5.32. The van der Waals surface area contributed by atoms with E-state index in [-0.39, 0.29) is 46.5 Å². The number of rotatable bonds is 6. The van der Waals surface area contributed by atoms with E-state index in [4.69, 9.17) is 4.74 Å². The molecule has 5 aliphatic rings. The first-order valence-electron chi connectivity index (χ1n) is 16.2. The predicted molar refractivity (Wildman–Crippen MR) is 175 cm³/mol. The number of amides is 1. The zero-order valence-corrected chi connectivity index (χ0v) is 26.6. The fraction of sp³-hybridized carbons (Fsp3) is 0.500. The summed E-state index contributed by atoms with van der Waals surface area (Å²) in [6, 6.07) is 12.6. The van der Waals surface area contributed by atoms with Gasteiger partial charge in [0.05, 0.1) is 11.4 Å². The Morgan fingerprint density at radius 3 is 2.50 bits per heavy atom. The number of carbonyl (C=O) groups excluding carboxylic acids is 2. The Balaban J connectivity index is 1.22. The van der Waals surface area contributed by atoms with Crippen LogP contribution in [0.15, 0.2) is 71.6 Å². The number of allylic oxidation sites excluding steroid dienone is 2. The molecule has 2 fully saturated rings. The number of fused-ring (bicyclic) bond motifs is 3. The van der Waals surface area contributed by atoms with Gasteiger partial charge in [-0.2, -0.15) is 0 Å². The van der Waals surface area contributed by atoms with E-state index >= 15 is 0 Å². The first-order chi connectivity index (χ1) is 21.0. The predicted octanol–water partition coefficient (Wildman–Crippen LogP) is 4.57. The molecule has 0 bridgehead atoms. The maximum atomic E-state index is 14.0. The van der Waals surface area contributed by atoms with Gasteiger partial charge < -0.3 is 30.5 Å². The van der Waals surface area contributed by atoms with Crippen LogP contribution in [0.1, 0.15) is 59.8 Å². The van der Waals surface area contributed by atoms with E-state index in [0.29, 0.717) is 11.6 Å². The number of benzene rings is 2. The molecule has 1 aliphatic carbocycles. The second-order valence-corrected chi connectivity index (χ2v) is 14.6. The lowest BCUT2D eigenvalue weighted by atomic mass is 9.79. The molecule has 0 aromatic heterocycles. The number of Topliss-reactive ketones (excluding diaryl/α,β-unsaturated/α-hetero) is 1. The topological polar surface area (TPSA) is 85.9 Å². The van der Waals surface area contributed by atoms with E-state index in [2.05, 4.69) is 84.8 Å². The van der Waals surface area contributed by atoms with Gasteiger partial charge in [0, 0.05) is 41.5 Å². The quantitative estimate of drug-likeness (QED) is 0.422. The molecule has 1 amide bonds. The van der Waals surface area contributed by atoms with Crippen LogP contribution in [-0.4, -0.2) is 72.0 Å². The van der Waals surface area contributed by atoms with Crippen LogP contribution >= 0.6 is 0 Å². The minimum absolute atomic E-state index is 0.0382. The molecule has 44 heavy (non-hydrogen) atoms. The Kier molecular flexibility index (Phi) is 7.13. The number of hydrogen-bond acceptors (Lipinski definition) is 7. The molecular weight excluding hydrogens is 550 g/mol. The highest BCUT2D eigenvalue weighted by molar-refractivity contribution is 6.27. The van der Waals surface area contributed by atoms with E-state index in [1.807, 2.05) is 24.3 Å². The molecule has 0 spiro atoms. The first-order valence-corrected chi connectivity index (χ1v) is 16.2. The molecule has 0 radical (unpaired) electrons. The summed E-state index contributed by atoms with van der Waals surface area (Å²) in [5.41, 5.74) is 2.35. The van der Waals surface area contributed by atoms with Gasteiger partial charge in [0.2, 0.25) is 0 Å². The van der Waals surface area contributed by atoms with Crippen LogP contribution < -0.4 is 25.6 Å². The summed E-state index contributed by atoms with van der Waals surface area (Å²) >= 11 is 0. The van der Waals surface area contributed by atoms with E-state index < -0.39 is 0 Å². The number of nitrogens with one attached hydrogen (secondary N) is 3. The standard InChI is InChI=1S/C36H45N5O3/c1-35(2)19-24(20-36(3,4)39-35)38-34(43)27-21-41-29-17-22-9-6-7-10-23(22)18-30(29)44-33-28(13-12-26(31(33)41)32(27)42)37-15-14-25-11-8-16-40(25)5/h6-7,9-10,12-13,17-18,21,24-25,31,33,37,39H,8,11,14-16,19-20H2,1-5H3,(H,38,43). The third-order valence-electron chi connectivity index (χ3n) is 10.0. The molecule has 3 N–H and O–H groups in total. The number of nitrogens with zero attached hydrogens (tertiary/aromatic N) is 2. The fourth-order valence-corrected chi connectivity index (χ4v) is 8.37. The van der Waals surface area contributed by atoms with Crippen molar-refractivity contribution in [3.8, 4) is 5.75 Å². The Hall–Kier alpha value is -3.62. The molecule has 2 aromatic rings. The molecule has 2 aromatic carbocycles. The van der Waals surface area contributed by atoms with Crippen LogP contribution in [0.5, 0.6) is 5.75 Å². The Morgan fingerprint density at radius 2 is 1.80 bits per heavy atom. The molecule has 2 saturated heterocycles. The van der Waals surface area contributed by atoms with Crippen LogP contribution in [0, 0.1) is 0 Å². The van der Waals surface area contributed by atoms with Gasteiger partial charge in [-0.1, -0.05) is 30.3 Å². The lowest BCUT2D eigenvalue weighted by Crippen LogP contribution is -2.62. The molecule has 232 valence electrons. The van der Waals surface area contributed by atoms with Crippen molar-refractivity contribution in [3.05, 3.63) is 71.6 Å². The minimum atomic E-state index is -0.388. The molecule has 0 saturated carbocycles. The van der Waals surface area contributed by atoms with Crippen LogP contribution in [0.25, 0.3) is 10.8 Å². The second kappa shape index (κ2) is 10.8. The zero-order chi connectivity index (χ0) is 30.8.